The van der Waals surface area contributed by atoms with Gasteiger partial charge in [0.1, 0.15) is 0 Å². The SMILES string of the molecule is CN1C(=O)[C@@](C)(CC#N)c2cc3ccccc3cc21. The van der Waals surface area contributed by atoms with Gasteiger partial charge in [-0.05, 0) is 35.4 Å². The minimum absolute atomic E-state index is 0.000596. The number of hydrogen-bond acceptors (Lipinski definition) is 2. The summed E-state index contributed by atoms with van der Waals surface area (Å²) in [5.74, 6) is -0.000596. The highest BCUT2D eigenvalue weighted by molar-refractivity contribution is 6.10. The first-order valence-corrected chi connectivity index (χ1v) is 6.26. The molecule has 1 heterocycles. The van der Waals surface area contributed by atoms with Gasteiger partial charge in [0.25, 0.3) is 0 Å². The summed E-state index contributed by atoms with van der Waals surface area (Å²) in [5.41, 5.74) is 1.16. The molecule has 19 heavy (non-hydrogen) atoms. The number of rotatable bonds is 1. The van der Waals surface area contributed by atoms with Crippen LogP contribution in [0, 0.1) is 11.3 Å². The zero-order valence-electron chi connectivity index (χ0n) is 11.0. The van der Waals surface area contributed by atoms with Gasteiger partial charge in [-0.1, -0.05) is 24.3 Å². The first kappa shape index (κ1) is 11.7. The van der Waals surface area contributed by atoms with Crippen LogP contribution in [0.3, 0.4) is 0 Å². The highest BCUT2D eigenvalue weighted by Crippen LogP contribution is 2.44. The van der Waals surface area contributed by atoms with E-state index in [1.165, 1.54) is 0 Å². The first-order valence-electron chi connectivity index (χ1n) is 6.26. The van der Waals surface area contributed by atoms with E-state index in [2.05, 4.69) is 6.07 Å². The Morgan fingerprint density at radius 2 is 1.89 bits per heavy atom. The van der Waals surface area contributed by atoms with Crippen molar-refractivity contribution in [2.75, 3.05) is 11.9 Å². The summed E-state index contributed by atoms with van der Waals surface area (Å²) in [4.78, 5) is 14.1. The molecule has 0 saturated heterocycles. The third kappa shape index (κ3) is 1.47. The number of anilines is 1. The lowest BCUT2D eigenvalue weighted by atomic mass is 9.80. The van der Waals surface area contributed by atoms with Crippen LogP contribution in [0.4, 0.5) is 5.69 Å². The average Bonchev–Trinajstić information content (AvgIpc) is 2.60. The molecule has 0 aliphatic carbocycles. The van der Waals surface area contributed by atoms with Gasteiger partial charge in [0, 0.05) is 12.7 Å². The molecule has 1 atom stereocenters. The van der Waals surface area contributed by atoms with Crippen molar-refractivity contribution in [3.8, 4) is 6.07 Å². The number of likely N-dealkylation sites (N-methyl/N-ethyl adjacent to an activating group) is 1. The van der Waals surface area contributed by atoms with Gasteiger partial charge in [0.05, 0.1) is 17.9 Å². The molecule has 2 aromatic carbocycles. The fourth-order valence-electron chi connectivity index (χ4n) is 2.87. The maximum absolute atomic E-state index is 12.4. The van der Waals surface area contributed by atoms with Crippen molar-refractivity contribution < 1.29 is 4.79 Å². The van der Waals surface area contributed by atoms with Crippen LogP contribution in [0.5, 0.6) is 0 Å². The number of carbonyl (C=O) groups is 1. The molecule has 0 fully saturated rings. The molecule has 94 valence electrons. The van der Waals surface area contributed by atoms with E-state index < -0.39 is 5.41 Å². The number of amides is 1. The lowest BCUT2D eigenvalue weighted by Gasteiger charge is -2.19. The maximum atomic E-state index is 12.4. The number of carbonyl (C=O) groups excluding carboxylic acids is 1. The summed E-state index contributed by atoms with van der Waals surface area (Å²) in [6.07, 6.45) is 0.210. The summed E-state index contributed by atoms with van der Waals surface area (Å²) in [6, 6.07) is 14.3. The van der Waals surface area contributed by atoms with Crippen LogP contribution in [0.15, 0.2) is 36.4 Å². The van der Waals surface area contributed by atoms with Crippen LogP contribution < -0.4 is 4.90 Å². The van der Waals surface area contributed by atoms with Crippen molar-refractivity contribution in [3.05, 3.63) is 42.0 Å². The third-order valence-corrected chi connectivity index (χ3v) is 4.03. The van der Waals surface area contributed by atoms with Crippen molar-refractivity contribution in [3.63, 3.8) is 0 Å². The van der Waals surface area contributed by atoms with E-state index in [0.29, 0.717) is 0 Å². The van der Waals surface area contributed by atoms with E-state index in [1.807, 2.05) is 43.3 Å². The molecule has 0 spiro atoms. The van der Waals surface area contributed by atoms with E-state index >= 15 is 0 Å². The predicted molar refractivity (Wildman–Crippen MR) is 74.9 cm³/mol. The number of fused-ring (bicyclic) bond motifs is 2. The number of benzene rings is 2. The van der Waals surface area contributed by atoms with Crippen LogP contribution in [0.25, 0.3) is 10.8 Å². The Hall–Kier alpha value is -2.34. The molecular weight excluding hydrogens is 236 g/mol. The van der Waals surface area contributed by atoms with Crippen LogP contribution in [0.2, 0.25) is 0 Å². The van der Waals surface area contributed by atoms with Gasteiger partial charge < -0.3 is 4.90 Å². The summed E-state index contributed by atoms with van der Waals surface area (Å²) < 4.78 is 0. The minimum Gasteiger partial charge on any atom is -0.314 e. The molecule has 0 saturated carbocycles. The standard InChI is InChI=1S/C16H14N2O/c1-16(7-8-17)13-9-11-5-3-4-6-12(11)10-14(13)18(2)15(16)19/h3-6,9-10H,7H2,1-2H3/t16-/m0/s1. The Bertz CT molecular complexity index is 729. The number of hydrogen-bond donors (Lipinski definition) is 0. The summed E-state index contributed by atoms with van der Waals surface area (Å²) in [5, 5.41) is 11.2. The molecule has 0 N–H and O–H groups in total. The van der Waals surface area contributed by atoms with Gasteiger partial charge in [-0.3, -0.25) is 4.79 Å². The summed E-state index contributed by atoms with van der Waals surface area (Å²) in [7, 11) is 1.78. The van der Waals surface area contributed by atoms with E-state index in [1.54, 1.807) is 11.9 Å². The lowest BCUT2D eigenvalue weighted by molar-refractivity contribution is -0.122. The Labute approximate surface area is 112 Å². The second kappa shape index (κ2) is 3.83. The lowest BCUT2D eigenvalue weighted by Crippen LogP contribution is -2.35. The molecule has 0 radical (unpaired) electrons. The topological polar surface area (TPSA) is 44.1 Å². The summed E-state index contributed by atoms with van der Waals surface area (Å²) in [6.45, 7) is 1.86. The molecule has 0 unspecified atom stereocenters. The van der Waals surface area contributed by atoms with Gasteiger partial charge in [-0.25, -0.2) is 0 Å². The molecule has 1 aliphatic heterocycles. The van der Waals surface area contributed by atoms with Crippen molar-refractivity contribution in [1.82, 2.24) is 0 Å². The maximum Gasteiger partial charge on any atom is 0.238 e. The van der Waals surface area contributed by atoms with Crippen molar-refractivity contribution in [1.29, 1.82) is 5.26 Å². The quantitative estimate of drug-likeness (QED) is 0.781. The van der Waals surface area contributed by atoms with Gasteiger partial charge in [-0.2, -0.15) is 5.26 Å². The molecular formula is C16H14N2O. The van der Waals surface area contributed by atoms with Crippen LogP contribution in [-0.4, -0.2) is 13.0 Å². The third-order valence-electron chi connectivity index (χ3n) is 4.03. The molecule has 1 aliphatic rings. The van der Waals surface area contributed by atoms with E-state index in [4.69, 9.17) is 5.26 Å². The van der Waals surface area contributed by atoms with Gasteiger partial charge in [-0.15, -0.1) is 0 Å². The Kier molecular flexibility index (Phi) is 2.36. The number of nitrogens with zero attached hydrogens (tertiary/aromatic N) is 2. The van der Waals surface area contributed by atoms with E-state index in [0.717, 1.165) is 22.0 Å². The van der Waals surface area contributed by atoms with Gasteiger partial charge in [0.15, 0.2) is 0 Å². The van der Waals surface area contributed by atoms with E-state index in [-0.39, 0.29) is 12.3 Å². The van der Waals surface area contributed by atoms with Crippen LogP contribution in [0.1, 0.15) is 18.9 Å². The monoisotopic (exact) mass is 250 g/mol. The summed E-state index contributed by atoms with van der Waals surface area (Å²) >= 11 is 0. The Morgan fingerprint density at radius 3 is 2.53 bits per heavy atom. The fraction of sp³-hybridized carbons (Fsp3) is 0.250. The highest BCUT2D eigenvalue weighted by Gasteiger charge is 2.45. The molecule has 3 heteroatoms. The number of nitriles is 1. The second-order valence-electron chi connectivity index (χ2n) is 5.25. The largest absolute Gasteiger partial charge is 0.314 e. The Balaban J connectivity index is 2.32. The van der Waals surface area contributed by atoms with Crippen molar-refractivity contribution in [2.45, 2.75) is 18.8 Å². The van der Waals surface area contributed by atoms with Crippen LogP contribution >= 0.6 is 0 Å². The average molecular weight is 250 g/mol. The second-order valence-corrected chi connectivity index (χ2v) is 5.25. The molecule has 0 aromatic heterocycles. The zero-order chi connectivity index (χ0) is 13.6. The van der Waals surface area contributed by atoms with Crippen molar-refractivity contribution in [2.24, 2.45) is 0 Å². The van der Waals surface area contributed by atoms with Gasteiger partial charge in [0.2, 0.25) is 5.91 Å². The molecule has 2 aromatic rings. The zero-order valence-corrected chi connectivity index (χ0v) is 11.0. The highest BCUT2D eigenvalue weighted by atomic mass is 16.2. The first-order chi connectivity index (χ1) is 9.08. The fourth-order valence-corrected chi connectivity index (χ4v) is 2.87. The van der Waals surface area contributed by atoms with Gasteiger partial charge >= 0.3 is 0 Å². The van der Waals surface area contributed by atoms with Crippen molar-refractivity contribution >= 4 is 22.4 Å². The van der Waals surface area contributed by atoms with E-state index in [9.17, 15) is 4.79 Å². The van der Waals surface area contributed by atoms with Crippen LogP contribution in [-0.2, 0) is 10.2 Å². The molecule has 3 rings (SSSR count). The normalized spacial score (nSPS) is 21.5. The predicted octanol–water partition coefficient (Wildman–Crippen LogP) is 2.99. The minimum atomic E-state index is -0.719. The molecule has 0 bridgehead atoms. The smallest absolute Gasteiger partial charge is 0.238 e. The Morgan fingerprint density at radius 1 is 1.26 bits per heavy atom. The molecule has 3 nitrogen and oxygen atoms in total. The molecule has 1 amide bonds.